The standard InChI is InChI=1S/C7H11NO3/c1-10-7-3-2-6(11-7)5(8)4-9/h2-3,5,9H,4,8H2,1H3/t5-/m1/s1. The lowest BCUT2D eigenvalue weighted by atomic mass is 10.2. The van der Waals surface area contributed by atoms with Crippen LogP contribution in [0.4, 0.5) is 0 Å². The van der Waals surface area contributed by atoms with E-state index < -0.39 is 6.04 Å². The molecule has 0 spiro atoms. The van der Waals surface area contributed by atoms with E-state index in [9.17, 15) is 0 Å². The van der Waals surface area contributed by atoms with Crippen LogP contribution in [-0.2, 0) is 0 Å². The Kier molecular flexibility index (Phi) is 2.51. The summed E-state index contributed by atoms with van der Waals surface area (Å²) in [7, 11) is 1.51. The molecular formula is C7H11NO3. The van der Waals surface area contributed by atoms with Gasteiger partial charge in [-0.25, -0.2) is 0 Å². The summed E-state index contributed by atoms with van der Waals surface area (Å²) in [5.74, 6) is 0.938. The Morgan fingerprint density at radius 2 is 2.45 bits per heavy atom. The molecule has 0 aromatic carbocycles. The number of methoxy groups -OCH3 is 1. The fraction of sp³-hybridized carbons (Fsp3) is 0.429. The van der Waals surface area contributed by atoms with Gasteiger partial charge in [-0.15, -0.1) is 0 Å². The molecule has 11 heavy (non-hydrogen) atoms. The highest BCUT2D eigenvalue weighted by molar-refractivity contribution is 5.14. The third-order valence-corrected chi connectivity index (χ3v) is 1.37. The average molecular weight is 157 g/mol. The first kappa shape index (κ1) is 8.10. The van der Waals surface area contributed by atoms with Gasteiger partial charge in [0.15, 0.2) is 0 Å². The fourth-order valence-corrected chi connectivity index (χ4v) is 0.733. The predicted molar refractivity (Wildman–Crippen MR) is 39.3 cm³/mol. The Labute approximate surface area is 64.6 Å². The lowest BCUT2D eigenvalue weighted by Gasteiger charge is -2.02. The summed E-state index contributed by atoms with van der Waals surface area (Å²) < 4.78 is 9.86. The van der Waals surface area contributed by atoms with Crippen molar-refractivity contribution in [3.05, 3.63) is 17.9 Å². The van der Waals surface area contributed by atoms with Crippen molar-refractivity contribution in [2.24, 2.45) is 5.73 Å². The Balaban J connectivity index is 2.71. The number of aliphatic hydroxyl groups is 1. The molecule has 4 heteroatoms. The summed E-state index contributed by atoms with van der Waals surface area (Å²) in [6, 6.07) is 2.88. The zero-order valence-electron chi connectivity index (χ0n) is 6.28. The van der Waals surface area contributed by atoms with Crippen molar-refractivity contribution in [1.29, 1.82) is 0 Å². The molecule has 0 saturated carbocycles. The first-order chi connectivity index (χ1) is 5.27. The van der Waals surface area contributed by atoms with E-state index in [0.29, 0.717) is 11.7 Å². The van der Waals surface area contributed by atoms with Gasteiger partial charge in [0.25, 0.3) is 5.95 Å². The Morgan fingerprint density at radius 1 is 1.73 bits per heavy atom. The number of hydrogen-bond donors (Lipinski definition) is 2. The van der Waals surface area contributed by atoms with E-state index in [1.54, 1.807) is 12.1 Å². The lowest BCUT2D eigenvalue weighted by molar-refractivity contribution is 0.236. The normalized spacial score (nSPS) is 13.0. The van der Waals surface area contributed by atoms with Crippen molar-refractivity contribution in [1.82, 2.24) is 0 Å². The molecule has 1 heterocycles. The summed E-state index contributed by atoms with van der Waals surface area (Å²) in [6.45, 7) is -0.128. The molecule has 0 fully saturated rings. The molecule has 0 bridgehead atoms. The molecule has 3 N–H and O–H groups in total. The fourth-order valence-electron chi connectivity index (χ4n) is 0.733. The van der Waals surface area contributed by atoms with Gasteiger partial charge in [0.05, 0.1) is 19.8 Å². The van der Waals surface area contributed by atoms with Gasteiger partial charge < -0.3 is 20.0 Å². The predicted octanol–water partition coefficient (Wildman–Crippen LogP) is 0.280. The molecule has 62 valence electrons. The molecule has 0 unspecified atom stereocenters. The number of ether oxygens (including phenoxy) is 1. The number of rotatable bonds is 3. The molecule has 1 aromatic rings. The highest BCUT2D eigenvalue weighted by Gasteiger charge is 2.09. The minimum Gasteiger partial charge on any atom is -0.468 e. The second-order valence-corrected chi connectivity index (χ2v) is 2.15. The van der Waals surface area contributed by atoms with E-state index in [-0.39, 0.29) is 6.61 Å². The third-order valence-electron chi connectivity index (χ3n) is 1.37. The molecule has 0 radical (unpaired) electrons. The summed E-state index contributed by atoms with van der Waals surface area (Å²) >= 11 is 0. The number of furan rings is 1. The van der Waals surface area contributed by atoms with E-state index in [1.165, 1.54) is 7.11 Å². The zero-order chi connectivity index (χ0) is 8.27. The monoisotopic (exact) mass is 157 g/mol. The van der Waals surface area contributed by atoms with Crippen molar-refractivity contribution in [2.75, 3.05) is 13.7 Å². The van der Waals surface area contributed by atoms with Gasteiger partial charge in [-0.05, 0) is 6.07 Å². The number of nitrogens with two attached hydrogens (primary N) is 1. The van der Waals surface area contributed by atoms with Gasteiger partial charge in [-0.2, -0.15) is 0 Å². The molecule has 1 aromatic heterocycles. The smallest absolute Gasteiger partial charge is 0.284 e. The van der Waals surface area contributed by atoms with Gasteiger partial charge >= 0.3 is 0 Å². The van der Waals surface area contributed by atoms with Crippen LogP contribution in [-0.4, -0.2) is 18.8 Å². The summed E-state index contributed by atoms with van der Waals surface area (Å²) in [4.78, 5) is 0. The van der Waals surface area contributed by atoms with Crippen LogP contribution in [0.5, 0.6) is 5.95 Å². The minimum atomic E-state index is -0.459. The minimum absolute atomic E-state index is 0.128. The highest BCUT2D eigenvalue weighted by atomic mass is 16.6. The van der Waals surface area contributed by atoms with Crippen LogP contribution in [0.2, 0.25) is 0 Å². The van der Waals surface area contributed by atoms with Crippen molar-refractivity contribution in [2.45, 2.75) is 6.04 Å². The zero-order valence-corrected chi connectivity index (χ0v) is 6.28. The van der Waals surface area contributed by atoms with Crippen LogP contribution in [0.1, 0.15) is 11.8 Å². The van der Waals surface area contributed by atoms with Crippen molar-refractivity contribution < 1.29 is 14.3 Å². The Hall–Kier alpha value is -1.00. The summed E-state index contributed by atoms with van der Waals surface area (Å²) in [6.07, 6.45) is 0. The second-order valence-electron chi connectivity index (χ2n) is 2.15. The van der Waals surface area contributed by atoms with E-state index in [4.69, 9.17) is 20.0 Å². The molecule has 1 rings (SSSR count). The maximum atomic E-state index is 8.64. The highest BCUT2D eigenvalue weighted by Crippen LogP contribution is 2.19. The molecular weight excluding hydrogens is 146 g/mol. The number of hydrogen-bond acceptors (Lipinski definition) is 4. The number of aliphatic hydroxyl groups excluding tert-OH is 1. The molecule has 0 aliphatic heterocycles. The summed E-state index contributed by atoms with van der Waals surface area (Å²) in [5, 5.41) is 8.64. The van der Waals surface area contributed by atoms with Crippen LogP contribution in [0.25, 0.3) is 0 Å². The van der Waals surface area contributed by atoms with Gasteiger partial charge in [-0.3, -0.25) is 0 Å². The van der Waals surface area contributed by atoms with Gasteiger partial charge in [-0.1, -0.05) is 0 Å². The Bertz CT molecular complexity index is 221. The van der Waals surface area contributed by atoms with Crippen LogP contribution in [0, 0.1) is 0 Å². The molecule has 0 aliphatic rings. The van der Waals surface area contributed by atoms with Gasteiger partial charge in [0, 0.05) is 6.07 Å². The Morgan fingerprint density at radius 3 is 2.91 bits per heavy atom. The van der Waals surface area contributed by atoms with Crippen molar-refractivity contribution in [3.8, 4) is 5.95 Å². The molecule has 0 saturated heterocycles. The SMILES string of the molecule is COc1ccc([C@H](N)CO)o1. The topological polar surface area (TPSA) is 68.6 Å². The quantitative estimate of drug-likeness (QED) is 0.661. The maximum absolute atomic E-state index is 8.64. The van der Waals surface area contributed by atoms with E-state index in [2.05, 4.69) is 0 Å². The molecule has 0 aliphatic carbocycles. The van der Waals surface area contributed by atoms with Crippen molar-refractivity contribution >= 4 is 0 Å². The molecule has 1 atom stereocenters. The first-order valence-corrected chi connectivity index (χ1v) is 3.28. The lowest BCUT2D eigenvalue weighted by Crippen LogP contribution is -2.13. The van der Waals surface area contributed by atoms with E-state index >= 15 is 0 Å². The van der Waals surface area contributed by atoms with Gasteiger partial charge in [0.1, 0.15) is 5.76 Å². The maximum Gasteiger partial charge on any atom is 0.284 e. The second kappa shape index (κ2) is 3.41. The van der Waals surface area contributed by atoms with E-state index in [0.717, 1.165) is 0 Å². The van der Waals surface area contributed by atoms with E-state index in [1.807, 2.05) is 0 Å². The third kappa shape index (κ3) is 1.72. The van der Waals surface area contributed by atoms with Crippen molar-refractivity contribution in [3.63, 3.8) is 0 Å². The average Bonchev–Trinajstić information content (AvgIpc) is 2.50. The summed E-state index contributed by atoms with van der Waals surface area (Å²) in [5.41, 5.74) is 5.46. The van der Waals surface area contributed by atoms with Crippen LogP contribution >= 0.6 is 0 Å². The van der Waals surface area contributed by atoms with Gasteiger partial charge in [0.2, 0.25) is 0 Å². The first-order valence-electron chi connectivity index (χ1n) is 3.28. The largest absolute Gasteiger partial charge is 0.468 e. The molecule has 0 amide bonds. The van der Waals surface area contributed by atoms with Crippen LogP contribution in [0.15, 0.2) is 16.5 Å². The van der Waals surface area contributed by atoms with Crippen LogP contribution < -0.4 is 10.5 Å². The van der Waals surface area contributed by atoms with Crippen LogP contribution in [0.3, 0.4) is 0 Å². The molecule has 4 nitrogen and oxygen atoms in total.